The van der Waals surface area contributed by atoms with Gasteiger partial charge in [0, 0.05) is 22.7 Å². The second-order valence-electron chi connectivity index (χ2n) is 6.30. The van der Waals surface area contributed by atoms with Crippen LogP contribution in [0.5, 0.6) is 0 Å². The molecule has 0 fully saturated rings. The Labute approximate surface area is 162 Å². The standard InChI is InChI=1S/C21H12N4O2S/c22-11-14-12-28-20-18(14)25(21(27)19(26)23-20)16-7-6-13-8-9-24(17(13)10-16)15-4-2-1-3-5-15/h1-10,12H,(H,23,26). The van der Waals surface area contributed by atoms with E-state index in [1.165, 1.54) is 15.9 Å². The first-order valence-electron chi connectivity index (χ1n) is 8.51. The number of aromatic nitrogens is 3. The SMILES string of the molecule is N#Cc1csc2[nH]c(=O)c(=O)n(-c3ccc4ccn(-c5ccccc5)c4c3)c12. The van der Waals surface area contributed by atoms with Gasteiger partial charge >= 0.3 is 11.1 Å². The van der Waals surface area contributed by atoms with Gasteiger partial charge in [-0.2, -0.15) is 5.26 Å². The lowest BCUT2D eigenvalue weighted by atomic mass is 10.2. The third-order valence-corrected chi connectivity index (χ3v) is 5.59. The number of fused-ring (bicyclic) bond motifs is 2. The van der Waals surface area contributed by atoms with Crippen LogP contribution in [-0.4, -0.2) is 14.1 Å². The van der Waals surface area contributed by atoms with Crippen LogP contribution in [-0.2, 0) is 0 Å². The van der Waals surface area contributed by atoms with Crippen LogP contribution in [0.25, 0.3) is 32.6 Å². The number of nitrogens with zero attached hydrogens (tertiary/aromatic N) is 3. The summed E-state index contributed by atoms with van der Waals surface area (Å²) in [6.45, 7) is 0. The fourth-order valence-electron chi connectivity index (χ4n) is 3.42. The van der Waals surface area contributed by atoms with Crippen LogP contribution >= 0.6 is 11.3 Å². The van der Waals surface area contributed by atoms with Gasteiger partial charge in [-0.05, 0) is 30.3 Å². The van der Waals surface area contributed by atoms with Crippen LogP contribution < -0.4 is 11.1 Å². The Hall–Kier alpha value is -3.89. The van der Waals surface area contributed by atoms with E-state index >= 15 is 0 Å². The molecular formula is C21H12N4O2S. The van der Waals surface area contributed by atoms with Crippen molar-refractivity contribution >= 4 is 32.6 Å². The Balaban J connectivity index is 1.85. The average Bonchev–Trinajstić information content (AvgIpc) is 3.33. The highest BCUT2D eigenvalue weighted by atomic mass is 32.1. The summed E-state index contributed by atoms with van der Waals surface area (Å²) in [4.78, 5) is 27.9. The Bertz CT molecular complexity index is 1510. The average molecular weight is 384 g/mol. The molecule has 0 aliphatic rings. The normalized spacial score (nSPS) is 11.1. The van der Waals surface area contributed by atoms with E-state index < -0.39 is 11.1 Å². The number of para-hydroxylation sites is 1. The van der Waals surface area contributed by atoms with E-state index in [0.29, 0.717) is 21.6 Å². The quantitative estimate of drug-likeness (QED) is 0.472. The van der Waals surface area contributed by atoms with Crippen LogP contribution in [0.4, 0.5) is 0 Å². The lowest BCUT2D eigenvalue weighted by Crippen LogP contribution is -2.35. The number of nitriles is 1. The number of H-pyrrole nitrogens is 1. The van der Waals surface area contributed by atoms with Crippen LogP contribution in [0.15, 0.2) is 75.8 Å². The van der Waals surface area contributed by atoms with Crippen LogP contribution in [0.1, 0.15) is 5.56 Å². The van der Waals surface area contributed by atoms with Crippen LogP contribution in [0.3, 0.4) is 0 Å². The molecule has 3 heterocycles. The first-order valence-corrected chi connectivity index (χ1v) is 9.39. The molecular weight excluding hydrogens is 372 g/mol. The number of benzene rings is 2. The third kappa shape index (κ3) is 2.32. The molecule has 0 spiro atoms. The highest BCUT2D eigenvalue weighted by Crippen LogP contribution is 2.27. The largest absolute Gasteiger partial charge is 0.321 e. The predicted octanol–water partition coefficient (Wildman–Crippen LogP) is 3.56. The molecule has 3 aromatic heterocycles. The van der Waals surface area contributed by atoms with Crippen molar-refractivity contribution in [1.29, 1.82) is 5.26 Å². The van der Waals surface area contributed by atoms with E-state index in [1.807, 2.05) is 59.3 Å². The smallest absolute Gasteiger partial charge is 0.316 e. The van der Waals surface area contributed by atoms with Crippen molar-refractivity contribution in [2.45, 2.75) is 0 Å². The molecule has 28 heavy (non-hydrogen) atoms. The summed E-state index contributed by atoms with van der Waals surface area (Å²) < 4.78 is 3.35. The molecule has 0 saturated heterocycles. The minimum absolute atomic E-state index is 0.354. The molecule has 6 nitrogen and oxygen atoms in total. The minimum atomic E-state index is -0.711. The van der Waals surface area contributed by atoms with Gasteiger partial charge in [-0.3, -0.25) is 14.2 Å². The zero-order valence-electron chi connectivity index (χ0n) is 14.4. The van der Waals surface area contributed by atoms with Gasteiger partial charge in [0.1, 0.15) is 16.4 Å². The number of hydrogen-bond acceptors (Lipinski definition) is 4. The zero-order valence-corrected chi connectivity index (χ0v) is 15.2. The van der Waals surface area contributed by atoms with Crippen molar-refractivity contribution in [2.24, 2.45) is 0 Å². The molecule has 5 rings (SSSR count). The molecule has 7 heteroatoms. The van der Waals surface area contributed by atoms with Gasteiger partial charge in [-0.25, -0.2) is 0 Å². The zero-order chi connectivity index (χ0) is 19.3. The van der Waals surface area contributed by atoms with Gasteiger partial charge < -0.3 is 9.55 Å². The van der Waals surface area contributed by atoms with E-state index in [2.05, 4.69) is 11.1 Å². The van der Waals surface area contributed by atoms with E-state index in [9.17, 15) is 14.9 Å². The second kappa shape index (κ2) is 6.08. The molecule has 0 atom stereocenters. The van der Waals surface area contributed by atoms with E-state index in [0.717, 1.165) is 16.6 Å². The van der Waals surface area contributed by atoms with Crippen molar-refractivity contribution in [2.75, 3.05) is 0 Å². The molecule has 2 aromatic carbocycles. The van der Waals surface area contributed by atoms with Gasteiger partial charge in [0.15, 0.2) is 0 Å². The molecule has 0 bridgehead atoms. The fourth-order valence-corrected chi connectivity index (χ4v) is 4.28. The number of rotatable bonds is 2. The van der Waals surface area contributed by atoms with Gasteiger partial charge in [0.05, 0.1) is 16.8 Å². The van der Waals surface area contributed by atoms with Crippen molar-refractivity contribution in [3.8, 4) is 17.4 Å². The Morgan fingerprint density at radius 2 is 1.82 bits per heavy atom. The van der Waals surface area contributed by atoms with E-state index in [1.54, 1.807) is 11.4 Å². The van der Waals surface area contributed by atoms with Crippen molar-refractivity contribution in [3.63, 3.8) is 0 Å². The summed E-state index contributed by atoms with van der Waals surface area (Å²) in [7, 11) is 0. The summed E-state index contributed by atoms with van der Waals surface area (Å²) in [6, 6.07) is 19.5. The van der Waals surface area contributed by atoms with Crippen molar-refractivity contribution in [1.82, 2.24) is 14.1 Å². The number of hydrogen-bond donors (Lipinski definition) is 1. The van der Waals surface area contributed by atoms with Crippen molar-refractivity contribution < 1.29 is 0 Å². The van der Waals surface area contributed by atoms with Gasteiger partial charge in [-0.1, -0.05) is 24.3 Å². The Morgan fingerprint density at radius 3 is 2.61 bits per heavy atom. The maximum atomic E-state index is 12.7. The summed E-state index contributed by atoms with van der Waals surface area (Å²) >= 11 is 1.23. The highest BCUT2D eigenvalue weighted by molar-refractivity contribution is 7.16. The molecule has 134 valence electrons. The maximum Gasteiger partial charge on any atom is 0.321 e. The molecule has 1 N–H and O–H groups in total. The van der Waals surface area contributed by atoms with E-state index in [4.69, 9.17) is 0 Å². The first kappa shape index (κ1) is 16.3. The Kier molecular flexibility index (Phi) is 3.54. The summed E-state index contributed by atoms with van der Waals surface area (Å²) in [5.41, 5.74) is 1.79. The molecule has 5 aromatic rings. The lowest BCUT2D eigenvalue weighted by molar-refractivity contribution is 0.990. The number of nitrogens with one attached hydrogen (secondary N) is 1. The third-order valence-electron chi connectivity index (χ3n) is 4.70. The first-order chi connectivity index (χ1) is 13.7. The monoisotopic (exact) mass is 384 g/mol. The summed E-state index contributed by atoms with van der Waals surface area (Å²) in [5.74, 6) is 0. The molecule has 0 saturated carbocycles. The molecule has 0 aliphatic carbocycles. The fraction of sp³-hybridized carbons (Fsp3) is 0. The van der Waals surface area contributed by atoms with Crippen LogP contribution in [0.2, 0.25) is 0 Å². The molecule has 0 radical (unpaired) electrons. The van der Waals surface area contributed by atoms with Gasteiger partial charge in [-0.15, -0.1) is 11.3 Å². The van der Waals surface area contributed by atoms with Gasteiger partial charge in [0.25, 0.3) is 0 Å². The number of thiophene rings is 1. The summed E-state index contributed by atoms with van der Waals surface area (Å²) in [5, 5.41) is 12.1. The minimum Gasteiger partial charge on any atom is -0.316 e. The number of aromatic amines is 1. The van der Waals surface area contributed by atoms with Crippen LogP contribution in [0, 0.1) is 11.3 Å². The highest BCUT2D eigenvalue weighted by Gasteiger charge is 2.16. The van der Waals surface area contributed by atoms with E-state index in [-0.39, 0.29) is 0 Å². The van der Waals surface area contributed by atoms with Gasteiger partial charge in [0.2, 0.25) is 0 Å². The second-order valence-corrected chi connectivity index (χ2v) is 7.18. The predicted molar refractivity (Wildman–Crippen MR) is 110 cm³/mol. The summed E-state index contributed by atoms with van der Waals surface area (Å²) in [6.07, 6.45) is 1.96. The molecule has 0 unspecified atom stereocenters. The maximum absolute atomic E-state index is 12.7. The molecule has 0 aliphatic heterocycles. The lowest BCUT2D eigenvalue weighted by Gasteiger charge is -2.10. The van der Waals surface area contributed by atoms with Crippen molar-refractivity contribution in [3.05, 3.63) is 92.4 Å². The Morgan fingerprint density at radius 1 is 1.00 bits per heavy atom. The molecule has 0 amide bonds. The topological polar surface area (TPSA) is 83.6 Å².